The largest absolute Gasteiger partial charge is 0.308 e. The number of anilines is 1. The van der Waals surface area contributed by atoms with E-state index >= 15 is 0 Å². The van der Waals surface area contributed by atoms with Crippen LogP contribution in [0.15, 0.2) is 53.4 Å². The van der Waals surface area contributed by atoms with Gasteiger partial charge in [-0.25, -0.2) is 13.4 Å². The molecule has 0 aliphatic rings. The Morgan fingerprint density at radius 1 is 0.889 bits per heavy atom. The highest BCUT2D eigenvalue weighted by molar-refractivity contribution is 7.89. The van der Waals surface area contributed by atoms with E-state index in [0.29, 0.717) is 36.9 Å². The molecule has 2 aromatic carbocycles. The molecule has 0 bridgehead atoms. The first-order valence-corrected chi connectivity index (χ1v) is 14.5. The fourth-order valence-corrected chi connectivity index (χ4v) is 6.16. The number of aromatic nitrogens is 1. The molecule has 0 atom stereocenters. The molecule has 0 spiro atoms. The molecule has 1 amide bonds. The molecule has 10 heteroatoms. The highest BCUT2D eigenvalue weighted by atomic mass is 35.5. The number of unbranched alkanes of at least 4 members (excludes halogenated alkanes) is 2. The van der Waals surface area contributed by atoms with Gasteiger partial charge in [0.2, 0.25) is 10.0 Å². The summed E-state index contributed by atoms with van der Waals surface area (Å²) in [4.78, 5) is 22.1. The summed E-state index contributed by atoms with van der Waals surface area (Å²) in [5.74, 6) is -0.191. The summed E-state index contributed by atoms with van der Waals surface area (Å²) in [5, 5.41) is 0.639. The first-order valence-electron chi connectivity index (χ1n) is 12.2. The maximum Gasteiger partial charge on any atom is 0.260 e. The van der Waals surface area contributed by atoms with Gasteiger partial charge in [-0.3, -0.25) is 9.69 Å². The van der Waals surface area contributed by atoms with Crippen LogP contribution < -0.4 is 4.90 Å². The average Bonchev–Trinajstić information content (AvgIpc) is 3.27. The number of hydrogen-bond acceptors (Lipinski definition) is 6. The van der Waals surface area contributed by atoms with Crippen LogP contribution in [-0.4, -0.2) is 68.8 Å². The third-order valence-electron chi connectivity index (χ3n) is 5.79. The molecular weight excluding hydrogens is 516 g/mol. The minimum Gasteiger partial charge on any atom is -0.308 e. The highest BCUT2D eigenvalue weighted by Crippen LogP contribution is 2.30. The summed E-state index contributed by atoms with van der Waals surface area (Å²) in [6, 6.07) is 14.2. The number of fused-ring (bicyclic) bond motifs is 1. The van der Waals surface area contributed by atoms with Gasteiger partial charge in [-0.15, -0.1) is 12.4 Å². The van der Waals surface area contributed by atoms with E-state index in [9.17, 15) is 13.2 Å². The topological polar surface area (TPSA) is 73.8 Å². The fourth-order valence-electron chi connectivity index (χ4n) is 3.66. The van der Waals surface area contributed by atoms with Crippen LogP contribution in [0.2, 0.25) is 0 Å². The van der Waals surface area contributed by atoms with Crippen molar-refractivity contribution in [2.24, 2.45) is 0 Å². The van der Waals surface area contributed by atoms with E-state index < -0.39 is 10.0 Å². The number of sulfonamides is 1. The van der Waals surface area contributed by atoms with E-state index in [1.54, 1.807) is 33.5 Å². The van der Waals surface area contributed by atoms with Crippen LogP contribution in [0.25, 0.3) is 10.2 Å². The Labute approximate surface area is 225 Å². The monoisotopic (exact) mass is 552 g/mol. The number of rotatable bonds is 13. The smallest absolute Gasteiger partial charge is 0.260 e. The van der Waals surface area contributed by atoms with E-state index in [1.807, 2.05) is 43.3 Å². The van der Waals surface area contributed by atoms with Crippen LogP contribution in [0.5, 0.6) is 0 Å². The number of halogens is 1. The molecule has 0 saturated heterocycles. The second kappa shape index (κ2) is 14.0. The van der Waals surface area contributed by atoms with Gasteiger partial charge in [-0.1, -0.05) is 50.2 Å². The molecular formula is C26H37ClN4O3S2. The van der Waals surface area contributed by atoms with Crippen molar-refractivity contribution in [3.05, 3.63) is 54.1 Å². The summed E-state index contributed by atoms with van der Waals surface area (Å²) < 4.78 is 29.1. The number of carbonyl (C=O) groups is 1. The molecule has 1 heterocycles. The Bertz CT molecular complexity index is 1170. The lowest BCUT2D eigenvalue weighted by atomic mass is 10.2. The number of carbonyl (C=O) groups excluding carboxylic acids is 1. The fraction of sp³-hybridized carbons (Fsp3) is 0.462. The van der Waals surface area contributed by atoms with Gasteiger partial charge < -0.3 is 4.90 Å². The Kier molecular flexibility index (Phi) is 11.8. The Morgan fingerprint density at radius 3 is 2.06 bits per heavy atom. The van der Waals surface area contributed by atoms with Gasteiger partial charge in [0.25, 0.3) is 5.91 Å². The van der Waals surface area contributed by atoms with E-state index in [0.717, 1.165) is 35.9 Å². The van der Waals surface area contributed by atoms with Crippen molar-refractivity contribution in [3.63, 3.8) is 0 Å². The third kappa shape index (κ3) is 7.49. The molecule has 0 unspecified atom stereocenters. The highest BCUT2D eigenvalue weighted by Gasteiger charge is 2.25. The van der Waals surface area contributed by atoms with Crippen LogP contribution >= 0.6 is 23.7 Å². The summed E-state index contributed by atoms with van der Waals surface area (Å²) in [6.07, 6.45) is 3.51. The van der Waals surface area contributed by atoms with E-state index in [4.69, 9.17) is 0 Å². The van der Waals surface area contributed by atoms with Crippen LogP contribution in [0, 0.1) is 0 Å². The average molecular weight is 553 g/mol. The molecule has 0 N–H and O–H groups in total. The number of para-hydroxylation sites is 1. The van der Waals surface area contributed by atoms with Gasteiger partial charge in [-0.2, -0.15) is 4.31 Å². The molecule has 3 rings (SSSR count). The maximum atomic E-state index is 13.5. The third-order valence-corrected chi connectivity index (χ3v) is 8.76. The van der Waals surface area contributed by atoms with Crippen molar-refractivity contribution in [2.45, 2.75) is 44.4 Å². The van der Waals surface area contributed by atoms with Crippen molar-refractivity contribution in [3.8, 4) is 0 Å². The second-order valence-corrected chi connectivity index (χ2v) is 11.8. The number of hydrogen-bond donors (Lipinski definition) is 0. The van der Waals surface area contributed by atoms with Crippen LogP contribution in [0.3, 0.4) is 0 Å². The molecule has 0 radical (unpaired) electrons. The lowest BCUT2D eigenvalue weighted by Gasteiger charge is -2.23. The second-order valence-electron chi connectivity index (χ2n) is 8.86. The Morgan fingerprint density at radius 2 is 1.50 bits per heavy atom. The van der Waals surface area contributed by atoms with E-state index in [-0.39, 0.29) is 23.2 Å². The molecule has 0 aliphatic heterocycles. The Balaban J connectivity index is 0.00000456. The zero-order chi connectivity index (χ0) is 25.4. The molecule has 7 nitrogen and oxygen atoms in total. The van der Waals surface area contributed by atoms with Crippen molar-refractivity contribution in [1.29, 1.82) is 0 Å². The van der Waals surface area contributed by atoms with Crippen molar-refractivity contribution in [1.82, 2.24) is 14.2 Å². The van der Waals surface area contributed by atoms with Crippen molar-refractivity contribution in [2.75, 3.05) is 45.2 Å². The lowest BCUT2D eigenvalue weighted by molar-refractivity contribution is 0.0985. The molecule has 0 fully saturated rings. The predicted molar refractivity (Wildman–Crippen MR) is 152 cm³/mol. The summed E-state index contributed by atoms with van der Waals surface area (Å²) in [7, 11) is 0.316. The molecule has 36 heavy (non-hydrogen) atoms. The maximum absolute atomic E-state index is 13.5. The summed E-state index contributed by atoms with van der Waals surface area (Å²) in [5.41, 5.74) is 1.30. The first kappa shape index (κ1) is 30.2. The SMILES string of the molecule is CCCCN(CCCC)S(=O)(=O)c1ccc(C(=O)N(CCN(C)C)c2nc3ccccc3s2)cc1.Cl. The van der Waals surface area contributed by atoms with Crippen LogP contribution in [0.4, 0.5) is 5.13 Å². The zero-order valence-corrected chi connectivity index (χ0v) is 24.0. The molecule has 198 valence electrons. The molecule has 0 aliphatic carbocycles. The number of benzene rings is 2. The standard InChI is InChI=1S/C26H36N4O3S2.ClH/c1-5-7-17-29(18-8-6-2)35(32,33)22-15-13-21(14-16-22)25(31)30(20-19-28(3)4)26-27-23-11-9-10-12-24(23)34-26;/h9-16H,5-8,17-20H2,1-4H3;1H. The first-order chi connectivity index (χ1) is 16.8. The van der Waals surface area contributed by atoms with Crippen molar-refractivity contribution >= 4 is 55.0 Å². The number of likely N-dealkylation sites (N-methyl/N-ethyl adjacent to an activating group) is 1. The zero-order valence-electron chi connectivity index (χ0n) is 21.5. The summed E-state index contributed by atoms with van der Waals surface area (Å²) in [6.45, 7) is 6.29. The Hall–Kier alpha value is -2.04. The summed E-state index contributed by atoms with van der Waals surface area (Å²) >= 11 is 1.48. The van der Waals surface area contributed by atoms with Gasteiger partial charge in [0.15, 0.2) is 5.13 Å². The molecule has 1 aromatic heterocycles. The lowest BCUT2D eigenvalue weighted by Crippen LogP contribution is -2.37. The van der Waals surface area contributed by atoms with Gasteiger partial charge in [0, 0.05) is 31.7 Å². The van der Waals surface area contributed by atoms with Gasteiger partial charge in [0.1, 0.15) is 0 Å². The van der Waals surface area contributed by atoms with E-state index in [1.165, 1.54) is 11.3 Å². The predicted octanol–water partition coefficient (Wildman–Crippen LogP) is 5.52. The minimum absolute atomic E-state index is 0. The van der Waals surface area contributed by atoms with Crippen LogP contribution in [0.1, 0.15) is 49.9 Å². The van der Waals surface area contributed by atoms with Gasteiger partial charge in [0.05, 0.1) is 15.1 Å². The molecule has 0 saturated carbocycles. The minimum atomic E-state index is -3.61. The van der Waals surface area contributed by atoms with Crippen molar-refractivity contribution < 1.29 is 13.2 Å². The number of thiazole rings is 1. The van der Waals surface area contributed by atoms with E-state index in [2.05, 4.69) is 18.8 Å². The molecule has 3 aromatic rings. The van der Waals surface area contributed by atoms with Crippen LogP contribution in [-0.2, 0) is 10.0 Å². The van der Waals surface area contributed by atoms with Gasteiger partial charge >= 0.3 is 0 Å². The number of amides is 1. The normalized spacial score (nSPS) is 11.7. The number of nitrogens with zero attached hydrogens (tertiary/aromatic N) is 4. The quantitative estimate of drug-likeness (QED) is 0.279. The van der Waals surface area contributed by atoms with Gasteiger partial charge in [-0.05, 0) is 63.3 Å².